The summed E-state index contributed by atoms with van der Waals surface area (Å²) in [6, 6.07) is 11.6. The smallest absolute Gasteiger partial charge is 0.156 e. The van der Waals surface area contributed by atoms with Gasteiger partial charge in [-0.2, -0.15) is 0 Å². The molecule has 0 aliphatic heterocycles. The molecule has 0 unspecified atom stereocenters. The SMILES string of the molecule is COc1ccc(-c2nc3c(Cl)cccn3c2C)cc1. The van der Waals surface area contributed by atoms with E-state index in [9.17, 15) is 0 Å². The van der Waals surface area contributed by atoms with E-state index in [1.165, 1.54) is 0 Å². The number of aromatic nitrogens is 2. The number of fused-ring (bicyclic) bond motifs is 1. The average molecular weight is 273 g/mol. The van der Waals surface area contributed by atoms with Crippen molar-refractivity contribution in [1.29, 1.82) is 0 Å². The minimum atomic E-state index is 0.658. The molecule has 3 aromatic rings. The Bertz CT molecular complexity index is 732. The summed E-state index contributed by atoms with van der Waals surface area (Å²) in [4.78, 5) is 4.63. The van der Waals surface area contributed by atoms with Crippen LogP contribution < -0.4 is 4.74 Å². The monoisotopic (exact) mass is 272 g/mol. The Morgan fingerprint density at radius 2 is 1.89 bits per heavy atom. The zero-order valence-corrected chi connectivity index (χ0v) is 11.5. The van der Waals surface area contributed by atoms with Crippen LogP contribution in [-0.4, -0.2) is 16.5 Å². The lowest BCUT2D eigenvalue weighted by molar-refractivity contribution is 0.415. The molecule has 0 N–H and O–H groups in total. The predicted molar refractivity (Wildman–Crippen MR) is 76.9 cm³/mol. The summed E-state index contributed by atoms with van der Waals surface area (Å²) in [5, 5.41) is 0.658. The van der Waals surface area contributed by atoms with Gasteiger partial charge < -0.3 is 9.14 Å². The third-order valence-corrected chi connectivity index (χ3v) is 3.50. The van der Waals surface area contributed by atoms with Gasteiger partial charge in [0.25, 0.3) is 0 Å². The van der Waals surface area contributed by atoms with E-state index in [0.717, 1.165) is 28.3 Å². The van der Waals surface area contributed by atoms with Crippen LogP contribution in [0.15, 0.2) is 42.6 Å². The number of hydrogen-bond donors (Lipinski definition) is 0. The standard InChI is InChI=1S/C15H13ClN2O/c1-10-14(11-5-7-12(19-2)8-6-11)17-15-13(16)4-3-9-18(10)15/h3-9H,1-2H3. The first kappa shape index (κ1) is 12.1. The molecule has 4 heteroatoms. The first-order chi connectivity index (χ1) is 9.20. The maximum Gasteiger partial charge on any atom is 0.156 e. The van der Waals surface area contributed by atoms with Crippen LogP contribution >= 0.6 is 11.6 Å². The third-order valence-electron chi connectivity index (χ3n) is 3.20. The first-order valence-corrected chi connectivity index (χ1v) is 6.36. The number of aryl methyl sites for hydroxylation is 1. The molecule has 1 aromatic carbocycles. The van der Waals surface area contributed by atoms with Gasteiger partial charge in [0.15, 0.2) is 5.65 Å². The summed E-state index contributed by atoms with van der Waals surface area (Å²) in [6.07, 6.45) is 1.97. The van der Waals surface area contributed by atoms with Gasteiger partial charge in [0, 0.05) is 17.5 Å². The Hall–Kier alpha value is -2.00. The van der Waals surface area contributed by atoms with Gasteiger partial charge in [0.1, 0.15) is 5.75 Å². The van der Waals surface area contributed by atoms with Crippen molar-refractivity contribution in [3.63, 3.8) is 0 Å². The fraction of sp³-hybridized carbons (Fsp3) is 0.133. The van der Waals surface area contributed by atoms with Gasteiger partial charge in [0.05, 0.1) is 17.8 Å². The molecule has 0 fully saturated rings. The Labute approximate surface area is 116 Å². The summed E-state index contributed by atoms with van der Waals surface area (Å²) in [7, 11) is 1.66. The van der Waals surface area contributed by atoms with Gasteiger partial charge in [0.2, 0.25) is 0 Å². The molecular weight excluding hydrogens is 260 g/mol. The van der Waals surface area contributed by atoms with E-state index < -0.39 is 0 Å². The Morgan fingerprint density at radius 3 is 2.53 bits per heavy atom. The van der Waals surface area contributed by atoms with Crippen LogP contribution in [0, 0.1) is 6.92 Å². The van der Waals surface area contributed by atoms with Crippen LogP contribution in [0.25, 0.3) is 16.9 Å². The Morgan fingerprint density at radius 1 is 1.16 bits per heavy atom. The van der Waals surface area contributed by atoms with Crippen molar-refractivity contribution in [2.75, 3.05) is 7.11 Å². The topological polar surface area (TPSA) is 26.5 Å². The molecule has 3 nitrogen and oxygen atoms in total. The molecule has 0 atom stereocenters. The van der Waals surface area contributed by atoms with E-state index in [0.29, 0.717) is 5.02 Å². The van der Waals surface area contributed by atoms with E-state index in [2.05, 4.69) is 4.98 Å². The molecule has 2 heterocycles. The van der Waals surface area contributed by atoms with Crippen molar-refractivity contribution in [3.8, 4) is 17.0 Å². The van der Waals surface area contributed by atoms with Crippen molar-refractivity contribution >= 4 is 17.2 Å². The molecule has 0 radical (unpaired) electrons. The molecule has 0 bridgehead atoms. The zero-order valence-electron chi connectivity index (χ0n) is 10.7. The molecule has 2 aromatic heterocycles. The summed E-state index contributed by atoms with van der Waals surface area (Å²) in [5.74, 6) is 0.836. The van der Waals surface area contributed by atoms with E-state index >= 15 is 0 Å². The highest BCUT2D eigenvalue weighted by Gasteiger charge is 2.12. The summed E-state index contributed by atoms with van der Waals surface area (Å²) < 4.78 is 7.17. The lowest BCUT2D eigenvalue weighted by atomic mass is 10.1. The Balaban J connectivity index is 2.19. The van der Waals surface area contributed by atoms with Gasteiger partial charge in [-0.15, -0.1) is 0 Å². The maximum absolute atomic E-state index is 6.17. The number of ether oxygens (including phenoxy) is 1. The van der Waals surface area contributed by atoms with Gasteiger partial charge in [-0.3, -0.25) is 0 Å². The lowest BCUT2D eigenvalue weighted by Gasteiger charge is -2.02. The molecule has 19 heavy (non-hydrogen) atoms. The van der Waals surface area contributed by atoms with E-state index in [4.69, 9.17) is 16.3 Å². The average Bonchev–Trinajstić information content (AvgIpc) is 2.78. The van der Waals surface area contributed by atoms with Gasteiger partial charge >= 0.3 is 0 Å². The number of nitrogens with zero attached hydrogens (tertiary/aromatic N) is 2. The normalized spacial score (nSPS) is 10.9. The molecule has 0 saturated heterocycles. The van der Waals surface area contributed by atoms with Crippen molar-refractivity contribution in [3.05, 3.63) is 53.3 Å². The summed E-state index contributed by atoms with van der Waals surface area (Å²) in [5.41, 5.74) is 3.85. The predicted octanol–water partition coefficient (Wildman–Crippen LogP) is 3.97. The first-order valence-electron chi connectivity index (χ1n) is 5.98. The molecule has 3 rings (SSSR count). The molecule has 0 aliphatic rings. The summed E-state index contributed by atoms with van der Waals surface area (Å²) >= 11 is 6.17. The molecule has 0 amide bonds. The number of imidazole rings is 1. The highest BCUT2D eigenvalue weighted by Crippen LogP contribution is 2.28. The molecule has 0 spiro atoms. The van der Waals surface area contributed by atoms with Gasteiger partial charge in [-0.1, -0.05) is 11.6 Å². The quantitative estimate of drug-likeness (QED) is 0.706. The second-order valence-corrected chi connectivity index (χ2v) is 4.73. The molecule has 0 aliphatic carbocycles. The van der Waals surface area contributed by atoms with Crippen molar-refractivity contribution in [2.24, 2.45) is 0 Å². The molecule has 0 saturated carbocycles. The third kappa shape index (κ3) is 1.96. The number of hydrogen-bond acceptors (Lipinski definition) is 2. The fourth-order valence-corrected chi connectivity index (χ4v) is 2.38. The summed E-state index contributed by atoms with van der Waals surface area (Å²) in [6.45, 7) is 2.04. The van der Waals surface area contributed by atoms with Crippen LogP contribution in [0.4, 0.5) is 0 Å². The number of benzene rings is 1. The number of pyridine rings is 1. The van der Waals surface area contributed by atoms with Crippen molar-refractivity contribution < 1.29 is 4.74 Å². The maximum atomic E-state index is 6.17. The Kier molecular flexibility index (Phi) is 2.91. The number of rotatable bonds is 2. The minimum absolute atomic E-state index is 0.658. The molecular formula is C15H13ClN2O. The van der Waals surface area contributed by atoms with Crippen LogP contribution in [-0.2, 0) is 0 Å². The van der Waals surface area contributed by atoms with E-state index in [-0.39, 0.29) is 0 Å². The van der Waals surface area contributed by atoms with Gasteiger partial charge in [-0.05, 0) is 43.3 Å². The second kappa shape index (κ2) is 4.59. The van der Waals surface area contributed by atoms with Crippen LogP contribution in [0.1, 0.15) is 5.69 Å². The van der Waals surface area contributed by atoms with Gasteiger partial charge in [-0.25, -0.2) is 4.98 Å². The van der Waals surface area contributed by atoms with Crippen molar-refractivity contribution in [1.82, 2.24) is 9.38 Å². The fourth-order valence-electron chi connectivity index (χ4n) is 2.17. The van der Waals surface area contributed by atoms with E-state index in [1.807, 2.05) is 53.9 Å². The number of methoxy groups -OCH3 is 1. The highest BCUT2D eigenvalue weighted by molar-refractivity contribution is 6.33. The largest absolute Gasteiger partial charge is 0.497 e. The minimum Gasteiger partial charge on any atom is -0.497 e. The van der Waals surface area contributed by atoms with Crippen molar-refractivity contribution in [2.45, 2.75) is 6.92 Å². The van der Waals surface area contributed by atoms with Crippen LogP contribution in [0.2, 0.25) is 5.02 Å². The second-order valence-electron chi connectivity index (χ2n) is 4.32. The van der Waals surface area contributed by atoms with E-state index in [1.54, 1.807) is 7.11 Å². The van der Waals surface area contributed by atoms with Crippen LogP contribution in [0.3, 0.4) is 0 Å². The molecule has 96 valence electrons. The zero-order chi connectivity index (χ0) is 13.4. The lowest BCUT2D eigenvalue weighted by Crippen LogP contribution is -1.87. The number of halogens is 1. The highest BCUT2D eigenvalue weighted by atomic mass is 35.5. The van der Waals surface area contributed by atoms with Crippen LogP contribution in [0.5, 0.6) is 5.75 Å².